The van der Waals surface area contributed by atoms with Crippen molar-refractivity contribution in [1.82, 2.24) is 10.1 Å². The van der Waals surface area contributed by atoms with Crippen LogP contribution in [0.25, 0.3) is 0 Å². The molecule has 2 N–H and O–H groups in total. The Morgan fingerprint density at radius 1 is 1.33 bits per heavy atom. The van der Waals surface area contributed by atoms with Crippen molar-refractivity contribution in [3.63, 3.8) is 0 Å². The maximum atomic E-state index is 13.8. The fraction of sp³-hybridized carbons (Fsp3) is 0.467. The Morgan fingerprint density at radius 3 is 2.76 bits per heavy atom. The summed E-state index contributed by atoms with van der Waals surface area (Å²) < 4.78 is 19.2. The average Bonchev–Trinajstić information content (AvgIpc) is 3.13. The van der Waals surface area contributed by atoms with Gasteiger partial charge in [-0.1, -0.05) is 35.7 Å². The molecule has 0 unspecified atom stereocenters. The summed E-state index contributed by atoms with van der Waals surface area (Å²) in [7, 11) is 0. The van der Waals surface area contributed by atoms with E-state index in [0.717, 1.165) is 25.7 Å². The fourth-order valence-electron chi connectivity index (χ4n) is 2.96. The Bertz CT molecular complexity index is 617. The summed E-state index contributed by atoms with van der Waals surface area (Å²) in [6, 6.07) is 4.60. The summed E-state index contributed by atoms with van der Waals surface area (Å²) in [5.41, 5.74) is 6.09. The normalized spacial score (nSPS) is 17.3. The van der Waals surface area contributed by atoms with E-state index in [1.165, 1.54) is 6.07 Å². The van der Waals surface area contributed by atoms with Gasteiger partial charge in [0.05, 0.1) is 5.41 Å². The molecule has 0 amide bonds. The molecule has 2 aromatic rings. The molecule has 3 rings (SSSR count). The van der Waals surface area contributed by atoms with Crippen LogP contribution in [0.3, 0.4) is 0 Å². The molecule has 0 radical (unpaired) electrons. The Kier molecular flexibility index (Phi) is 3.95. The second-order valence-electron chi connectivity index (χ2n) is 5.58. The Labute approximate surface area is 127 Å². The molecular weight excluding hydrogens is 293 g/mol. The summed E-state index contributed by atoms with van der Waals surface area (Å²) in [6.07, 6.45) is 4.38. The number of nitrogens with zero attached hydrogens (tertiary/aromatic N) is 2. The molecule has 112 valence electrons. The van der Waals surface area contributed by atoms with Gasteiger partial charge in [0, 0.05) is 23.6 Å². The highest BCUT2D eigenvalue weighted by molar-refractivity contribution is 6.31. The third kappa shape index (κ3) is 2.68. The van der Waals surface area contributed by atoms with Crippen molar-refractivity contribution in [2.75, 3.05) is 6.54 Å². The van der Waals surface area contributed by atoms with E-state index in [9.17, 15) is 4.39 Å². The lowest BCUT2D eigenvalue weighted by molar-refractivity contribution is 0.283. The quantitative estimate of drug-likeness (QED) is 0.941. The van der Waals surface area contributed by atoms with E-state index in [-0.39, 0.29) is 17.7 Å². The van der Waals surface area contributed by atoms with Crippen LogP contribution >= 0.6 is 11.6 Å². The maximum absolute atomic E-state index is 13.8. The summed E-state index contributed by atoms with van der Waals surface area (Å²) in [6.45, 7) is 0.495. The van der Waals surface area contributed by atoms with Crippen molar-refractivity contribution in [2.45, 2.75) is 37.5 Å². The molecular formula is C15H17ClFN3O. The molecule has 6 heteroatoms. The van der Waals surface area contributed by atoms with E-state index in [1.54, 1.807) is 12.1 Å². The van der Waals surface area contributed by atoms with Gasteiger partial charge in [0.2, 0.25) is 5.89 Å². The van der Waals surface area contributed by atoms with Gasteiger partial charge in [0.1, 0.15) is 5.82 Å². The maximum Gasteiger partial charge on any atom is 0.234 e. The van der Waals surface area contributed by atoms with Crippen LogP contribution in [0.2, 0.25) is 5.02 Å². The van der Waals surface area contributed by atoms with Gasteiger partial charge in [-0.3, -0.25) is 0 Å². The Balaban J connectivity index is 1.86. The Hall–Kier alpha value is -1.46. The molecule has 21 heavy (non-hydrogen) atoms. The summed E-state index contributed by atoms with van der Waals surface area (Å²) in [4.78, 5) is 4.43. The molecule has 1 aliphatic carbocycles. The minimum atomic E-state index is -0.358. The molecule has 1 saturated carbocycles. The van der Waals surface area contributed by atoms with Crippen molar-refractivity contribution in [3.8, 4) is 0 Å². The van der Waals surface area contributed by atoms with Gasteiger partial charge in [-0.05, 0) is 25.0 Å². The lowest BCUT2D eigenvalue weighted by atomic mass is 9.86. The molecule has 1 fully saturated rings. The molecule has 1 heterocycles. The van der Waals surface area contributed by atoms with Gasteiger partial charge in [0.15, 0.2) is 5.82 Å². The number of halogens is 2. The Morgan fingerprint density at radius 2 is 2.10 bits per heavy atom. The van der Waals surface area contributed by atoms with E-state index >= 15 is 0 Å². The van der Waals surface area contributed by atoms with Gasteiger partial charge in [0.25, 0.3) is 0 Å². The van der Waals surface area contributed by atoms with Crippen LogP contribution in [0.15, 0.2) is 22.7 Å². The number of hydrogen-bond donors (Lipinski definition) is 1. The van der Waals surface area contributed by atoms with E-state index < -0.39 is 0 Å². The molecule has 0 atom stereocenters. The second kappa shape index (κ2) is 5.73. The highest BCUT2D eigenvalue weighted by Gasteiger charge is 2.39. The number of aromatic nitrogens is 2. The molecule has 0 aliphatic heterocycles. The topological polar surface area (TPSA) is 64.9 Å². The van der Waals surface area contributed by atoms with E-state index in [0.29, 0.717) is 28.8 Å². The number of hydrogen-bond acceptors (Lipinski definition) is 4. The molecule has 0 spiro atoms. The molecule has 0 bridgehead atoms. The van der Waals surface area contributed by atoms with Crippen LogP contribution in [-0.4, -0.2) is 16.7 Å². The average molecular weight is 310 g/mol. The number of nitrogens with two attached hydrogens (primary N) is 1. The summed E-state index contributed by atoms with van der Waals surface area (Å²) >= 11 is 6.02. The van der Waals surface area contributed by atoms with Gasteiger partial charge < -0.3 is 10.3 Å². The van der Waals surface area contributed by atoms with Crippen molar-refractivity contribution in [2.24, 2.45) is 5.73 Å². The van der Waals surface area contributed by atoms with Crippen LogP contribution in [-0.2, 0) is 11.8 Å². The monoisotopic (exact) mass is 309 g/mol. The molecule has 0 saturated heterocycles. The molecule has 1 aromatic carbocycles. The minimum Gasteiger partial charge on any atom is -0.339 e. The molecule has 1 aliphatic rings. The zero-order chi connectivity index (χ0) is 14.9. The standard InChI is InChI=1S/C15H17ClFN3O/c16-11-4-3-5-12(17)10(11)8-13-19-14(21-20-13)15(9-18)6-1-2-7-15/h3-5H,1-2,6-9,18H2. The van der Waals surface area contributed by atoms with Crippen LogP contribution in [0.1, 0.15) is 43.0 Å². The van der Waals surface area contributed by atoms with Crippen LogP contribution in [0.4, 0.5) is 4.39 Å². The van der Waals surface area contributed by atoms with Crippen LogP contribution in [0.5, 0.6) is 0 Å². The predicted octanol–water partition coefficient (Wildman–Crippen LogP) is 3.22. The number of rotatable bonds is 4. The largest absolute Gasteiger partial charge is 0.339 e. The third-order valence-corrected chi connectivity index (χ3v) is 4.62. The molecule has 1 aromatic heterocycles. The SMILES string of the molecule is NCC1(c2nc(Cc3c(F)cccc3Cl)no2)CCCC1. The lowest BCUT2D eigenvalue weighted by Crippen LogP contribution is -2.32. The summed E-state index contributed by atoms with van der Waals surface area (Å²) in [5.74, 6) is 0.657. The minimum absolute atomic E-state index is 0.204. The first-order chi connectivity index (χ1) is 10.1. The third-order valence-electron chi connectivity index (χ3n) is 4.27. The summed E-state index contributed by atoms with van der Waals surface area (Å²) in [5, 5.41) is 4.34. The van der Waals surface area contributed by atoms with E-state index in [4.69, 9.17) is 21.9 Å². The number of benzene rings is 1. The zero-order valence-electron chi connectivity index (χ0n) is 11.6. The first-order valence-electron chi connectivity index (χ1n) is 7.11. The predicted molar refractivity (Wildman–Crippen MR) is 77.7 cm³/mol. The van der Waals surface area contributed by atoms with Gasteiger partial charge in [-0.25, -0.2) is 4.39 Å². The zero-order valence-corrected chi connectivity index (χ0v) is 12.4. The van der Waals surface area contributed by atoms with Gasteiger partial charge in [-0.2, -0.15) is 4.98 Å². The van der Waals surface area contributed by atoms with Crippen molar-refractivity contribution in [1.29, 1.82) is 0 Å². The van der Waals surface area contributed by atoms with Crippen molar-refractivity contribution in [3.05, 3.63) is 46.3 Å². The molecule has 4 nitrogen and oxygen atoms in total. The van der Waals surface area contributed by atoms with Crippen molar-refractivity contribution >= 4 is 11.6 Å². The highest BCUT2D eigenvalue weighted by atomic mass is 35.5. The van der Waals surface area contributed by atoms with Crippen molar-refractivity contribution < 1.29 is 8.91 Å². The van der Waals surface area contributed by atoms with Crippen LogP contribution < -0.4 is 5.73 Å². The smallest absolute Gasteiger partial charge is 0.234 e. The van der Waals surface area contributed by atoms with Gasteiger partial charge in [-0.15, -0.1) is 0 Å². The first kappa shape index (κ1) is 14.5. The van der Waals surface area contributed by atoms with Gasteiger partial charge >= 0.3 is 0 Å². The first-order valence-corrected chi connectivity index (χ1v) is 7.48. The lowest BCUT2D eigenvalue weighted by Gasteiger charge is -2.21. The highest BCUT2D eigenvalue weighted by Crippen LogP contribution is 2.39. The van der Waals surface area contributed by atoms with Crippen LogP contribution in [0, 0.1) is 5.82 Å². The van der Waals surface area contributed by atoms with E-state index in [1.807, 2.05) is 0 Å². The van der Waals surface area contributed by atoms with E-state index in [2.05, 4.69) is 10.1 Å². The fourth-order valence-corrected chi connectivity index (χ4v) is 3.19. The second-order valence-corrected chi connectivity index (χ2v) is 5.99.